The first-order chi connectivity index (χ1) is 5.84. The molecule has 0 nitrogen and oxygen atoms in total. The van der Waals surface area contributed by atoms with Gasteiger partial charge in [0.2, 0.25) is 0 Å². The second kappa shape index (κ2) is 2.46. The van der Waals surface area contributed by atoms with E-state index in [0.717, 1.165) is 5.25 Å². The van der Waals surface area contributed by atoms with Gasteiger partial charge in [0.25, 0.3) is 0 Å². The molecule has 1 aromatic rings. The van der Waals surface area contributed by atoms with E-state index in [1.807, 2.05) is 23.5 Å². The first kappa shape index (κ1) is 7.34. The summed E-state index contributed by atoms with van der Waals surface area (Å²) in [5, 5.41) is 0.799. The fourth-order valence-electron chi connectivity index (χ4n) is 1.87. The number of fused-ring (bicyclic) bond motifs is 3. The van der Waals surface area contributed by atoms with Crippen LogP contribution in [0.2, 0.25) is 0 Å². The first-order valence-electron chi connectivity index (χ1n) is 4.29. The molecule has 3 rings (SSSR count). The standard InChI is InChI=1S/C10H10S2/c1-6-4-8-9(12-6)3-2-7-5-11-10(7)8/h2-3,6H,4-5H2,1H3. The molecule has 0 radical (unpaired) electrons. The largest absolute Gasteiger partial charge is 0.122 e. The van der Waals surface area contributed by atoms with Crippen LogP contribution in [0, 0.1) is 0 Å². The zero-order valence-corrected chi connectivity index (χ0v) is 8.60. The molecule has 2 aliphatic heterocycles. The van der Waals surface area contributed by atoms with Crippen molar-refractivity contribution >= 4 is 23.5 Å². The van der Waals surface area contributed by atoms with E-state index < -0.39 is 0 Å². The summed E-state index contributed by atoms with van der Waals surface area (Å²) in [6.07, 6.45) is 1.29. The van der Waals surface area contributed by atoms with Gasteiger partial charge in [-0.25, -0.2) is 0 Å². The quantitative estimate of drug-likeness (QED) is 0.621. The highest BCUT2D eigenvalue weighted by Gasteiger charge is 2.26. The average molecular weight is 194 g/mol. The van der Waals surface area contributed by atoms with Crippen molar-refractivity contribution in [2.24, 2.45) is 0 Å². The van der Waals surface area contributed by atoms with Gasteiger partial charge < -0.3 is 0 Å². The third-order valence-electron chi connectivity index (χ3n) is 2.49. The molecule has 0 saturated carbocycles. The smallest absolute Gasteiger partial charge is 0.0243 e. The maximum absolute atomic E-state index is 2.32. The summed E-state index contributed by atoms with van der Waals surface area (Å²) in [5.74, 6) is 1.24. The van der Waals surface area contributed by atoms with E-state index in [0.29, 0.717) is 0 Å². The third kappa shape index (κ3) is 0.882. The molecule has 2 aliphatic rings. The van der Waals surface area contributed by atoms with Gasteiger partial charge >= 0.3 is 0 Å². The van der Waals surface area contributed by atoms with Crippen molar-refractivity contribution in [3.05, 3.63) is 23.3 Å². The van der Waals surface area contributed by atoms with Crippen molar-refractivity contribution in [2.75, 3.05) is 0 Å². The minimum absolute atomic E-state index is 0.799. The lowest BCUT2D eigenvalue weighted by molar-refractivity contribution is 0.916. The second-order valence-corrected chi connectivity index (χ2v) is 5.92. The van der Waals surface area contributed by atoms with Gasteiger partial charge in [-0.2, -0.15) is 0 Å². The van der Waals surface area contributed by atoms with Crippen LogP contribution in [-0.4, -0.2) is 5.25 Å². The molecule has 0 aromatic heterocycles. The Kier molecular flexibility index (Phi) is 1.50. The van der Waals surface area contributed by atoms with Gasteiger partial charge in [0, 0.05) is 20.8 Å². The summed E-state index contributed by atoms with van der Waals surface area (Å²) in [6.45, 7) is 2.32. The van der Waals surface area contributed by atoms with Crippen LogP contribution in [0.25, 0.3) is 0 Å². The normalized spacial score (nSPS) is 24.6. The lowest BCUT2D eigenvalue weighted by atomic mass is 10.1. The van der Waals surface area contributed by atoms with Crippen molar-refractivity contribution < 1.29 is 0 Å². The Morgan fingerprint density at radius 3 is 3.08 bits per heavy atom. The highest BCUT2D eigenvalue weighted by Crippen LogP contribution is 2.48. The lowest BCUT2D eigenvalue weighted by Crippen LogP contribution is -2.02. The molecular weight excluding hydrogens is 184 g/mol. The van der Waals surface area contributed by atoms with Crippen LogP contribution in [0.15, 0.2) is 21.9 Å². The summed E-state index contributed by atoms with van der Waals surface area (Å²) in [4.78, 5) is 3.14. The van der Waals surface area contributed by atoms with E-state index in [1.54, 1.807) is 16.0 Å². The summed E-state index contributed by atoms with van der Waals surface area (Å²) >= 11 is 4.06. The molecule has 1 atom stereocenters. The predicted molar refractivity (Wildman–Crippen MR) is 55.0 cm³/mol. The van der Waals surface area contributed by atoms with Crippen LogP contribution in [0.3, 0.4) is 0 Å². The number of benzene rings is 1. The van der Waals surface area contributed by atoms with Gasteiger partial charge in [0.1, 0.15) is 0 Å². The molecule has 0 spiro atoms. The summed E-state index contributed by atoms with van der Waals surface area (Å²) in [5.41, 5.74) is 3.22. The minimum atomic E-state index is 0.799. The van der Waals surface area contributed by atoms with Gasteiger partial charge in [0.15, 0.2) is 0 Å². The fourth-order valence-corrected chi connectivity index (χ4v) is 4.08. The number of hydrogen-bond acceptors (Lipinski definition) is 2. The van der Waals surface area contributed by atoms with Gasteiger partial charge in [-0.05, 0) is 23.6 Å². The lowest BCUT2D eigenvalue weighted by Gasteiger charge is -2.20. The van der Waals surface area contributed by atoms with Gasteiger partial charge in [-0.15, -0.1) is 23.5 Å². The maximum atomic E-state index is 2.32. The zero-order chi connectivity index (χ0) is 8.13. The van der Waals surface area contributed by atoms with Crippen molar-refractivity contribution in [2.45, 2.75) is 34.1 Å². The van der Waals surface area contributed by atoms with Gasteiger partial charge in [-0.3, -0.25) is 0 Å². The Labute approximate surface area is 81.1 Å². The Hall–Kier alpha value is -0.0800. The van der Waals surface area contributed by atoms with E-state index >= 15 is 0 Å². The third-order valence-corrected chi connectivity index (χ3v) is 4.95. The van der Waals surface area contributed by atoms with Crippen molar-refractivity contribution in [3.8, 4) is 0 Å². The van der Waals surface area contributed by atoms with E-state index in [2.05, 4.69) is 19.1 Å². The van der Waals surface area contributed by atoms with Gasteiger partial charge in [-0.1, -0.05) is 13.0 Å². The van der Waals surface area contributed by atoms with Crippen molar-refractivity contribution in [3.63, 3.8) is 0 Å². The molecule has 0 N–H and O–H groups in total. The second-order valence-electron chi connectivity index (χ2n) is 3.45. The Morgan fingerprint density at radius 2 is 2.33 bits per heavy atom. The Balaban J connectivity index is 2.18. The van der Waals surface area contributed by atoms with E-state index in [-0.39, 0.29) is 0 Å². The molecule has 1 aromatic carbocycles. The van der Waals surface area contributed by atoms with Crippen molar-refractivity contribution in [1.29, 1.82) is 0 Å². The predicted octanol–water partition coefficient (Wildman–Crippen LogP) is 3.33. The van der Waals surface area contributed by atoms with Crippen LogP contribution < -0.4 is 0 Å². The molecule has 0 amide bonds. The molecule has 62 valence electrons. The summed E-state index contributed by atoms with van der Waals surface area (Å²) in [6, 6.07) is 4.61. The minimum Gasteiger partial charge on any atom is -0.122 e. The van der Waals surface area contributed by atoms with E-state index in [9.17, 15) is 0 Å². The van der Waals surface area contributed by atoms with Crippen LogP contribution in [-0.2, 0) is 12.2 Å². The summed E-state index contributed by atoms with van der Waals surface area (Å²) < 4.78 is 0. The van der Waals surface area contributed by atoms with Crippen LogP contribution in [0.1, 0.15) is 18.1 Å². The number of thioether (sulfide) groups is 2. The highest BCUT2D eigenvalue weighted by molar-refractivity contribution is 8.01. The summed E-state index contributed by atoms with van der Waals surface area (Å²) in [7, 11) is 0. The Bertz CT molecular complexity index is 344. The average Bonchev–Trinajstić information content (AvgIpc) is 2.29. The molecular formula is C10H10S2. The van der Waals surface area contributed by atoms with Gasteiger partial charge in [0.05, 0.1) is 0 Å². The van der Waals surface area contributed by atoms with Crippen molar-refractivity contribution in [1.82, 2.24) is 0 Å². The molecule has 2 heterocycles. The highest BCUT2D eigenvalue weighted by atomic mass is 32.2. The SMILES string of the molecule is CC1Cc2c(ccc3c2SC3)S1. The molecule has 0 bridgehead atoms. The molecule has 12 heavy (non-hydrogen) atoms. The molecule has 1 unspecified atom stereocenters. The molecule has 0 fully saturated rings. The van der Waals surface area contributed by atoms with E-state index in [4.69, 9.17) is 0 Å². The van der Waals surface area contributed by atoms with Crippen LogP contribution >= 0.6 is 23.5 Å². The fraction of sp³-hybridized carbons (Fsp3) is 0.400. The first-order valence-corrected chi connectivity index (χ1v) is 6.15. The number of rotatable bonds is 0. The maximum Gasteiger partial charge on any atom is 0.0243 e. The molecule has 2 heteroatoms. The zero-order valence-electron chi connectivity index (χ0n) is 6.96. The Morgan fingerprint density at radius 1 is 1.42 bits per heavy atom. The van der Waals surface area contributed by atoms with Crippen LogP contribution in [0.4, 0.5) is 0 Å². The number of hydrogen-bond donors (Lipinski definition) is 0. The molecule has 0 aliphatic carbocycles. The topological polar surface area (TPSA) is 0 Å². The van der Waals surface area contributed by atoms with E-state index in [1.165, 1.54) is 17.1 Å². The van der Waals surface area contributed by atoms with Crippen LogP contribution in [0.5, 0.6) is 0 Å². The molecule has 0 saturated heterocycles. The monoisotopic (exact) mass is 194 g/mol.